The first kappa shape index (κ1) is 12.6. The standard InChI is InChI=1S/C13H22N2O2/c1-3-11-8-15-13(17-11)9-14-10-5-4-6-12(7-10)16-2/h8,10,12,14H,3-7,9H2,1-2H3. The number of methoxy groups -OCH3 is 1. The van der Waals surface area contributed by atoms with Gasteiger partial charge in [0.05, 0.1) is 18.8 Å². The van der Waals surface area contributed by atoms with Gasteiger partial charge in [0.25, 0.3) is 0 Å². The van der Waals surface area contributed by atoms with Gasteiger partial charge in [-0.25, -0.2) is 4.98 Å². The highest BCUT2D eigenvalue weighted by Crippen LogP contribution is 2.20. The van der Waals surface area contributed by atoms with Gasteiger partial charge < -0.3 is 14.5 Å². The van der Waals surface area contributed by atoms with Gasteiger partial charge in [0.15, 0.2) is 0 Å². The van der Waals surface area contributed by atoms with Gasteiger partial charge in [0, 0.05) is 19.6 Å². The maximum Gasteiger partial charge on any atom is 0.208 e. The predicted molar refractivity (Wildman–Crippen MR) is 65.8 cm³/mol. The second kappa shape index (κ2) is 6.17. The molecule has 1 aliphatic carbocycles. The minimum absolute atomic E-state index is 0.414. The topological polar surface area (TPSA) is 47.3 Å². The van der Waals surface area contributed by atoms with Crippen molar-refractivity contribution in [2.75, 3.05) is 7.11 Å². The summed E-state index contributed by atoms with van der Waals surface area (Å²) in [4.78, 5) is 4.25. The number of ether oxygens (including phenoxy) is 1. The lowest BCUT2D eigenvalue weighted by molar-refractivity contribution is 0.0582. The maximum absolute atomic E-state index is 5.57. The van der Waals surface area contributed by atoms with E-state index in [9.17, 15) is 0 Å². The Hall–Kier alpha value is -0.870. The van der Waals surface area contributed by atoms with Crippen molar-refractivity contribution >= 4 is 0 Å². The zero-order chi connectivity index (χ0) is 12.1. The molecule has 0 radical (unpaired) electrons. The Morgan fingerprint density at radius 3 is 3.12 bits per heavy atom. The van der Waals surface area contributed by atoms with Gasteiger partial charge in [-0.1, -0.05) is 6.92 Å². The Kier molecular flexibility index (Phi) is 4.57. The zero-order valence-electron chi connectivity index (χ0n) is 10.7. The molecule has 0 saturated heterocycles. The molecule has 17 heavy (non-hydrogen) atoms. The summed E-state index contributed by atoms with van der Waals surface area (Å²) in [5.41, 5.74) is 0. The third-order valence-corrected chi connectivity index (χ3v) is 3.45. The van der Waals surface area contributed by atoms with E-state index in [1.807, 2.05) is 6.20 Å². The van der Waals surface area contributed by atoms with Crippen LogP contribution in [0.3, 0.4) is 0 Å². The molecule has 2 atom stereocenters. The molecule has 1 saturated carbocycles. The SMILES string of the molecule is CCc1cnc(CNC2CCCC(OC)C2)o1. The fraction of sp³-hybridized carbons (Fsp3) is 0.769. The van der Waals surface area contributed by atoms with Crippen molar-refractivity contribution in [3.8, 4) is 0 Å². The first-order valence-corrected chi connectivity index (χ1v) is 6.51. The molecule has 0 aliphatic heterocycles. The van der Waals surface area contributed by atoms with Crippen LogP contribution in [0.5, 0.6) is 0 Å². The highest BCUT2D eigenvalue weighted by molar-refractivity contribution is 4.93. The van der Waals surface area contributed by atoms with E-state index in [2.05, 4.69) is 17.2 Å². The number of nitrogens with one attached hydrogen (secondary N) is 1. The number of rotatable bonds is 5. The molecule has 4 heteroatoms. The lowest BCUT2D eigenvalue weighted by Gasteiger charge is -2.28. The van der Waals surface area contributed by atoms with Gasteiger partial charge >= 0.3 is 0 Å². The Morgan fingerprint density at radius 1 is 1.53 bits per heavy atom. The third-order valence-electron chi connectivity index (χ3n) is 3.45. The van der Waals surface area contributed by atoms with Crippen LogP contribution in [0.4, 0.5) is 0 Å². The molecule has 1 N–H and O–H groups in total. The van der Waals surface area contributed by atoms with E-state index in [0.29, 0.717) is 12.1 Å². The Labute approximate surface area is 103 Å². The molecule has 0 bridgehead atoms. The molecular weight excluding hydrogens is 216 g/mol. The van der Waals surface area contributed by atoms with Crippen LogP contribution in [-0.4, -0.2) is 24.2 Å². The average Bonchev–Trinajstić information content (AvgIpc) is 2.84. The van der Waals surface area contributed by atoms with Crippen molar-refractivity contribution < 1.29 is 9.15 Å². The van der Waals surface area contributed by atoms with Gasteiger partial charge in [-0.3, -0.25) is 0 Å². The van der Waals surface area contributed by atoms with E-state index in [4.69, 9.17) is 9.15 Å². The van der Waals surface area contributed by atoms with Crippen LogP contribution < -0.4 is 5.32 Å². The van der Waals surface area contributed by atoms with Crippen molar-refractivity contribution in [1.29, 1.82) is 0 Å². The highest BCUT2D eigenvalue weighted by Gasteiger charge is 2.21. The summed E-state index contributed by atoms with van der Waals surface area (Å²) < 4.78 is 11.0. The Bertz CT molecular complexity index is 338. The van der Waals surface area contributed by atoms with Gasteiger partial charge in [-0.2, -0.15) is 0 Å². The average molecular weight is 238 g/mol. The van der Waals surface area contributed by atoms with Gasteiger partial charge in [-0.05, 0) is 25.7 Å². The molecule has 96 valence electrons. The van der Waals surface area contributed by atoms with Crippen LogP contribution in [0.15, 0.2) is 10.6 Å². The van der Waals surface area contributed by atoms with Gasteiger partial charge in [0.2, 0.25) is 5.89 Å². The summed E-state index contributed by atoms with van der Waals surface area (Å²) in [6.07, 6.45) is 7.88. The number of aryl methyl sites for hydroxylation is 1. The summed E-state index contributed by atoms with van der Waals surface area (Å²) >= 11 is 0. The second-order valence-electron chi connectivity index (χ2n) is 4.68. The monoisotopic (exact) mass is 238 g/mol. The summed E-state index contributed by atoms with van der Waals surface area (Å²) in [5.74, 6) is 1.75. The molecule has 4 nitrogen and oxygen atoms in total. The van der Waals surface area contributed by atoms with Crippen LogP contribution in [0, 0.1) is 0 Å². The summed E-state index contributed by atoms with van der Waals surface area (Å²) in [7, 11) is 1.80. The van der Waals surface area contributed by atoms with Gasteiger partial charge in [0.1, 0.15) is 5.76 Å². The molecule has 1 fully saturated rings. The molecule has 2 rings (SSSR count). The van der Waals surface area contributed by atoms with Crippen LogP contribution >= 0.6 is 0 Å². The summed E-state index contributed by atoms with van der Waals surface area (Å²) in [6, 6.07) is 0.533. The van der Waals surface area contributed by atoms with Gasteiger partial charge in [-0.15, -0.1) is 0 Å². The Balaban J connectivity index is 1.77. The van der Waals surface area contributed by atoms with Crippen molar-refractivity contribution in [2.24, 2.45) is 0 Å². The predicted octanol–water partition coefficient (Wildman–Crippen LogP) is 2.28. The van der Waals surface area contributed by atoms with E-state index in [1.165, 1.54) is 19.3 Å². The Morgan fingerprint density at radius 2 is 2.41 bits per heavy atom. The van der Waals surface area contributed by atoms with E-state index >= 15 is 0 Å². The van der Waals surface area contributed by atoms with Crippen molar-refractivity contribution in [3.63, 3.8) is 0 Å². The fourth-order valence-electron chi connectivity index (χ4n) is 2.37. The van der Waals surface area contributed by atoms with Crippen molar-refractivity contribution in [2.45, 2.75) is 57.7 Å². The zero-order valence-corrected chi connectivity index (χ0v) is 10.7. The van der Waals surface area contributed by atoms with E-state index < -0.39 is 0 Å². The van der Waals surface area contributed by atoms with Crippen molar-refractivity contribution in [1.82, 2.24) is 10.3 Å². The summed E-state index contributed by atoms with van der Waals surface area (Å²) in [5, 5.41) is 3.50. The summed E-state index contributed by atoms with van der Waals surface area (Å²) in [6.45, 7) is 2.79. The molecule has 0 amide bonds. The van der Waals surface area contributed by atoms with Crippen LogP contribution in [0.2, 0.25) is 0 Å². The van der Waals surface area contributed by atoms with E-state index in [1.54, 1.807) is 7.11 Å². The molecule has 2 unspecified atom stereocenters. The largest absolute Gasteiger partial charge is 0.444 e. The normalized spacial score (nSPS) is 25.1. The maximum atomic E-state index is 5.57. The van der Waals surface area contributed by atoms with Crippen molar-refractivity contribution in [3.05, 3.63) is 17.8 Å². The van der Waals surface area contributed by atoms with Crippen LogP contribution in [0.1, 0.15) is 44.3 Å². The molecule has 0 spiro atoms. The molecule has 1 aromatic rings. The number of hydrogen-bond acceptors (Lipinski definition) is 4. The minimum atomic E-state index is 0.414. The second-order valence-corrected chi connectivity index (χ2v) is 4.68. The van der Waals surface area contributed by atoms with Crippen LogP contribution in [0.25, 0.3) is 0 Å². The number of hydrogen-bond donors (Lipinski definition) is 1. The third kappa shape index (κ3) is 3.54. The van der Waals surface area contributed by atoms with Crippen LogP contribution in [-0.2, 0) is 17.7 Å². The molecular formula is C13H22N2O2. The lowest BCUT2D eigenvalue weighted by atomic mass is 9.93. The molecule has 1 heterocycles. The smallest absolute Gasteiger partial charge is 0.208 e. The first-order chi connectivity index (χ1) is 8.31. The minimum Gasteiger partial charge on any atom is -0.444 e. The van der Waals surface area contributed by atoms with E-state index in [-0.39, 0.29) is 0 Å². The number of nitrogens with zero attached hydrogens (tertiary/aromatic N) is 1. The molecule has 0 aromatic carbocycles. The molecule has 1 aromatic heterocycles. The fourth-order valence-corrected chi connectivity index (χ4v) is 2.37. The highest BCUT2D eigenvalue weighted by atomic mass is 16.5. The number of oxazole rings is 1. The number of aromatic nitrogens is 1. The quantitative estimate of drug-likeness (QED) is 0.855. The molecule has 1 aliphatic rings. The lowest BCUT2D eigenvalue weighted by Crippen LogP contribution is -2.36. The first-order valence-electron chi connectivity index (χ1n) is 6.51. The van der Waals surface area contributed by atoms with E-state index in [0.717, 1.165) is 31.0 Å².